The predicted molar refractivity (Wildman–Crippen MR) is 98.0 cm³/mol. The van der Waals surface area contributed by atoms with Crippen LogP contribution < -0.4 is 14.9 Å². The van der Waals surface area contributed by atoms with Gasteiger partial charge in [0.25, 0.3) is 5.91 Å². The van der Waals surface area contributed by atoms with Crippen molar-refractivity contribution in [1.29, 1.82) is 0 Å². The Balaban J connectivity index is 1.79. The molecule has 1 heterocycles. The number of pyridine rings is 1. The molecule has 0 bridgehead atoms. The number of methoxy groups -OCH3 is 2. The van der Waals surface area contributed by atoms with E-state index in [0.717, 1.165) is 5.39 Å². The zero-order valence-electron chi connectivity index (χ0n) is 14.3. The van der Waals surface area contributed by atoms with Crippen LogP contribution in [0.5, 0.6) is 17.2 Å². The molecule has 1 aromatic heterocycles. The van der Waals surface area contributed by atoms with E-state index >= 15 is 0 Å². The molecule has 0 aliphatic carbocycles. The minimum atomic E-state index is -0.492. The Bertz CT molecular complexity index is 986. The number of ether oxygens (including phenoxy) is 2. The van der Waals surface area contributed by atoms with Gasteiger partial charge in [-0.25, -0.2) is 10.4 Å². The number of benzene rings is 2. The van der Waals surface area contributed by atoms with E-state index < -0.39 is 5.91 Å². The van der Waals surface area contributed by atoms with Crippen molar-refractivity contribution in [2.45, 2.75) is 0 Å². The smallest absolute Gasteiger partial charge is 0.289 e. The standard InChI is InChI=1S/C19H17N3O4/c1-25-14-7-9-17(26-2)13(10-14)11-20-22-19(24)15-8-6-12-4-3-5-16(23)18(12)21-15/h3-11,23H,1-2H3,(H,22,24)/b20-11+. The first-order valence-electron chi connectivity index (χ1n) is 7.76. The van der Waals surface area contributed by atoms with Gasteiger partial charge in [0.1, 0.15) is 28.5 Å². The number of phenolic OH excluding ortho intramolecular Hbond substituents is 1. The minimum Gasteiger partial charge on any atom is -0.506 e. The molecule has 7 nitrogen and oxygen atoms in total. The van der Waals surface area contributed by atoms with E-state index in [1.807, 2.05) is 0 Å². The van der Waals surface area contributed by atoms with Crippen molar-refractivity contribution in [2.75, 3.05) is 14.2 Å². The lowest BCUT2D eigenvalue weighted by molar-refractivity contribution is 0.0950. The molecule has 3 rings (SSSR count). The van der Waals surface area contributed by atoms with E-state index in [1.54, 1.807) is 56.7 Å². The molecule has 0 spiro atoms. The Hall–Kier alpha value is -3.61. The maximum Gasteiger partial charge on any atom is 0.289 e. The molecule has 0 aliphatic rings. The molecule has 26 heavy (non-hydrogen) atoms. The molecule has 2 aromatic carbocycles. The maximum absolute atomic E-state index is 12.2. The molecule has 0 saturated heterocycles. The van der Waals surface area contributed by atoms with Crippen molar-refractivity contribution in [3.05, 3.63) is 59.8 Å². The highest BCUT2D eigenvalue weighted by Gasteiger charge is 2.09. The van der Waals surface area contributed by atoms with Gasteiger partial charge in [-0.05, 0) is 30.3 Å². The monoisotopic (exact) mass is 351 g/mol. The summed E-state index contributed by atoms with van der Waals surface area (Å²) in [6.45, 7) is 0. The molecule has 7 heteroatoms. The van der Waals surface area contributed by atoms with Gasteiger partial charge in [0.15, 0.2) is 0 Å². The van der Waals surface area contributed by atoms with E-state index in [1.165, 1.54) is 12.3 Å². The van der Waals surface area contributed by atoms with Crippen molar-refractivity contribution in [3.63, 3.8) is 0 Å². The Morgan fingerprint density at radius 1 is 1.15 bits per heavy atom. The maximum atomic E-state index is 12.2. The van der Waals surface area contributed by atoms with Crippen LogP contribution in [0, 0.1) is 0 Å². The molecule has 0 fully saturated rings. The summed E-state index contributed by atoms with van der Waals surface area (Å²) in [5, 5.41) is 14.5. The number of aromatic hydroxyl groups is 1. The fraction of sp³-hybridized carbons (Fsp3) is 0.105. The lowest BCUT2D eigenvalue weighted by atomic mass is 10.2. The average Bonchev–Trinajstić information content (AvgIpc) is 2.67. The number of para-hydroxylation sites is 1. The number of carbonyl (C=O) groups is 1. The van der Waals surface area contributed by atoms with E-state index in [0.29, 0.717) is 22.6 Å². The second kappa shape index (κ2) is 7.52. The molecule has 0 unspecified atom stereocenters. The summed E-state index contributed by atoms with van der Waals surface area (Å²) >= 11 is 0. The SMILES string of the molecule is COc1ccc(OC)c(/C=N/NC(=O)c2ccc3cccc(O)c3n2)c1. The van der Waals surface area contributed by atoms with Crippen LogP contribution in [0.3, 0.4) is 0 Å². The van der Waals surface area contributed by atoms with E-state index in [-0.39, 0.29) is 11.4 Å². The normalized spacial score (nSPS) is 10.8. The van der Waals surface area contributed by atoms with Crippen molar-refractivity contribution >= 4 is 23.0 Å². The highest BCUT2D eigenvalue weighted by Crippen LogP contribution is 2.23. The van der Waals surface area contributed by atoms with Gasteiger partial charge in [-0.15, -0.1) is 0 Å². The van der Waals surface area contributed by atoms with E-state index in [2.05, 4.69) is 15.5 Å². The highest BCUT2D eigenvalue weighted by molar-refractivity contribution is 5.96. The first kappa shape index (κ1) is 17.2. The molecule has 0 aliphatic heterocycles. The second-order valence-corrected chi connectivity index (χ2v) is 5.35. The van der Waals surface area contributed by atoms with Crippen LogP contribution >= 0.6 is 0 Å². The lowest BCUT2D eigenvalue weighted by Crippen LogP contribution is -2.19. The molecule has 0 radical (unpaired) electrons. The Kier molecular flexibility index (Phi) is 4.98. The summed E-state index contributed by atoms with van der Waals surface area (Å²) in [5.41, 5.74) is 3.57. The molecule has 3 aromatic rings. The van der Waals surface area contributed by atoms with Crippen molar-refractivity contribution in [2.24, 2.45) is 5.10 Å². The van der Waals surface area contributed by atoms with Gasteiger partial charge in [0.2, 0.25) is 0 Å². The van der Waals surface area contributed by atoms with Crippen molar-refractivity contribution in [1.82, 2.24) is 10.4 Å². The van der Waals surface area contributed by atoms with Crippen LogP contribution in [0.4, 0.5) is 0 Å². The third-order valence-electron chi connectivity index (χ3n) is 3.74. The zero-order valence-corrected chi connectivity index (χ0v) is 14.3. The zero-order chi connectivity index (χ0) is 18.5. The van der Waals surface area contributed by atoms with Gasteiger partial charge in [-0.1, -0.05) is 18.2 Å². The van der Waals surface area contributed by atoms with Crippen LogP contribution in [0.2, 0.25) is 0 Å². The quantitative estimate of drug-likeness (QED) is 0.545. The molecule has 2 N–H and O–H groups in total. The molecule has 0 atom stereocenters. The number of phenols is 1. The number of nitrogens with zero attached hydrogens (tertiary/aromatic N) is 2. The number of amides is 1. The van der Waals surface area contributed by atoms with Gasteiger partial charge in [-0.3, -0.25) is 4.79 Å². The number of aromatic nitrogens is 1. The van der Waals surface area contributed by atoms with Gasteiger partial charge in [0.05, 0.1) is 20.4 Å². The Labute approximate surface area is 149 Å². The fourth-order valence-electron chi connectivity index (χ4n) is 2.42. The molecule has 0 saturated carbocycles. The molecular weight excluding hydrogens is 334 g/mol. The summed E-state index contributed by atoms with van der Waals surface area (Å²) in [6.07, 6.45) is 1.46. The number of rotatable bonds is 5. The van der Waals surface area contributed by atoms with E-state index in [9.17, 15) is 9.90 Å². The van der Waals surface area contributed by atoms with E-state index in [4.69, 9.17) is 9.47 Å². The number of nitrogens with one attached hydrogen (secondary N) is 1. The first-order valence-corrected chi connectivity index (χ1v) is 7.76. The summed E-state index contributed by atoms with van der Waals surface area (Å²) < 4.78 is 10.4. The highest BCUT2D eigenvalue weighted by atomic mass is 16.5. The number of hydrogen-bond donors (Lipinski definition) is 2. The largest absolute Gasteiger partial charge is 0.506 e. The first-order chi connectivity index (χ1) is 12.6. The second-order valence-electron chi connectivity index (χ2n) is 5.35. The minimum absolute atomic E-state index is 0.0155. The Morgan fingerprint density at radius 3 is 2.77 bits per heavy atom. The van der Waals surface area contributed by atoms with Crippen LogP contribution in [0.1, 0.15) is 16.1 Å². The molecular formula is C19H17N3O4. The molecule has 1 amide bonds. The van der Waals surface area contributed by atoms with Crippen molar-refractivity contribution < 1.29 is 19.4 Å². The summed E-state index contributed by atoms with van der Waals surface area (Å²) in [7, 11) is 3.11. The van der Waals surface area contributed by atoms with Gasteiger partial charge in [0, 0.05) is 10.9 Å². The van der Waals surface area contributed by atoms with Gasteiger partial charge in [-0.2, -0.15) is 5.10 Å². The molecule has 132 valence electrons. The topological polar surface area (TPSA) is 93.0 Å². The number of hydrazone groups is 1. The number of hydrogen-bond acceptors (Lipinski definition) is 6. The third kappa shape index (κ3) is 3.56. The average molecular weight is 351 g/mol. The van der Waals surface area contributed by atoms with Gasteiger partial charge >= 0.3 is 0 Å². The van der Waals surface area contributed by atoms with Crippen LogP contribution in [0.15, 0.2) is 53.6 Å². The summed E-state index contributed by atoms with van der Waals surface area (Å²) in [4.78, 5) is 16.4. The lowest BCUT2D eigenvalue weighted by Gasteiger charge is -2.07. The van der Waals surface area contributed by atoms with Crippen LogP contribution in [-0.4, -0.2) is 36.4 Å². The third-order valence-corrected chi connectivity index (χ3v) is 3.74. The number of carbonyl (C=O) groups excluding carboxylic acids is 1. The van der Waals surface area contributed by atoms with Crippen molar-refractivity contribution in [3.8, 4) is 17.2 Å². The summed E-state index contributed by atoms with van der Waals surface area (Å²) in [5.74, 6) is 0.762. The predicted octanol–water partition coefficient (Wildman–Crippen LogP) is 2.72. The van der Waals surface area contributed by atoms with Crippen LogP contribution in [-0.2, 0) is 0 Å². The fourth-order valence-corrected chi connectivity index (χ4v) is 2.42. The van der Waals surface area contributed by atoms with Gasteiger partial charge < -0.3 is 14.6 Å². The Morgan fingerprint density at radius 2 is 2.00 bits per heavy atom. The van der Waals surface area contributed by atoms with Crippen LogP contribution in [0.25, 0.3) is 10.9 Å². The number of fused-ring (bicyclic) bond motifs is 1. The summed E-state index contributed by atoms with van der Waals surface area (Å²) in [6, 6.07) is 13.6.